The van der Waals surface area contributed by atoms with E-state index in [-0.39, 0.29) is 6.61 Å². The van der Waals surface area contributed by atoms with Crippen LogP contribution in [0, 0.1) is 0 Å². The molecule has 17 heavy (non-hydrogen) atoms. The van der Waals surface area contributed by atoms with E-state index < -0.39 is 0 Å². The smallest absolute Gasteiger partial charge is 0.181 e. The normalized spacial score (nSPS) is 10.3. The van der Waals surface area contributed by atoms with Crippen LogP contribution in [0.25, 0.3) is 11.3 Å². The van der Waals surface area contributed by atoms with Gasteiger partial charge in [0.1, 0.15) is 17.2 Å². The van der Waals surface area contributed by atoms with E-state index in [0.29, 0.717) is 28.5 Å². The first-order chi connectivity index (χ1) is 8.30. The number of hydrogen-bond donors (Lipinski definition) is 1. The van der Waals surface area contributed by atoms with E-state index in [0.717, 1.165) is 0 Å². The molecule has 1 heterocycles. The minimum absolute atomic E-state index is 0.188. The molecule has 0 aliphatic carbocycles. The van der Waals surface area contributed by atoms with Crippen LogP contribution in [0.3, 0.4) is 0 Å². The molecule has 2 rings (SSSR count). The van der Waals surface area contributed by atoms with Crippen molar-refractivity contribution in [1.29, 1.82) is 0 Å². The van der Waals surface area contributed by atoms with Gasteiger partial charge in [0.2, 0.25) is 0 Å². The predicted octanol–water partition coefficient (Wildman–Crippen LogP) is 1.85. The monoisotopic (exact) mass is 235 g/mol. The van der Waals surface area contributed by atoms with Crippen molar-refractivity contribution in [2.24, 2.45) is 0 Å². The molecule has 0 bridgehead atoms. The molecule has 5 nitrogen and oxygen atoms in total. The van der Waals surface area contributed by atoms with Crippen LogP contribution in [0.15, 0.2) is 29.0 Å². The molecule has 0 atom stereocenters. The van der Waals surface area contributed by atoms with Gasteiger partial charge in [-0.1, -0.05) is 0 Å². The Kier molecular flexibility index (Phi) is 3.30. The van der Waals surface area contributed by atoms with E-state index in [4.69, 9.17) is 19.0 Å². The third-order valence-corrected chi connectivity index (χ3v) is 2.44. The Bertz CT molecular complexity index is 507. The van der Waals surface area contributed by atoms with Crippen LogP contribution in [0.2, 0.25) is 0 Å². The number of nitrogens with zero attached hydrogens (tertiary/aromatic N) is 1. The van der Waals surface area contributed by atoms with Crippen molar-refractivity contribution >= 4 is 0 Å². The third-order valence-electron chi connectivity index (χ3n) is 2.44. The van der Waals surface area contributed by atoms with Crippen LogP contribution in [0.5, 0.6) is 11.5 Å². The van der Waals surface area contributed by atoms with Gasteiger partial charge in [0.05, 0.1) is 26.4 Å². The number of rotatable bonds is 4. The maximum atomic E-state index is 9.16. The van der Waals surface area contributed by atoms with Crippen molar-refractivity contribution in [1.82, 2.24) is 4.98 Å². The number of hydrogen-bond acceptors (Lipinski definition) is 5. The predicted molar refractivity (Wildman–Crippen MR) is 61.0 cm³/mol. The average molecular weight is 235 g/mol. The van der Waals surface area contributed by atoms with Gasteiger partial charge in [-0.15, -0.1) is 0 Å². The molecule has 1 N–H and O–H groups in total. The number of methoxy groups -OCH3 is 2. The van der Waals surface area contributed by atoms with Crippen LogP contribution >= 0.6 is 0 Å². The zero-order valence-electron chi connectivity index (χ0n) is 9.64. The summed E-state index contributed by atoms with van der Waals surface area (Å²) < 4.78 is 15.7. The van der Waals surface area contributed by atoms with Gasteiger partial charge in [0, 0.05) is 0 Å². The average Bonchev–Trinajstić information content (AvgIpc) is 2.86. The second-order valence-corrected chi connectivity index (χ2v) is 3.35. The fourth-order valence-electron chi connectivity index (χ4n) is 1.59. The van der Waals surface area contributed by atoms with Gasteiger partial charge in [-0.25, -0.2) is 4.98 Å². The van der Waals surface area contributed by atoms with E-state index in [1.165, 1.54) is 6.39 Å². The molecule has 0 aliphatic heterocycles. The van der Waals surface area contributed by atoms with E-state index in [1.807, 2.05) is 0 Å². The van der Waals surface area contributed by atoms with E-state index in [9.17, 15) is 0 Å². The molecule has 0 saturated carbocycles. The van der Waals surface area contributed by atoms with Crippen LogP contribution in [0.4, 0.5) is 0 Å². The zero-order valence-corrected chi connectivity index (χ0v) is 9.64. The topological polar surface area (TPSA) is 64.7 Å². The van der Waals surface area contributed by atoms with Crippen LogP contribution < -0.4 is 9.47 Å². The molecular weight excluding hydrogens is 222 g/mol. The molecule has 0 aliphatic rings. The van der Waals surface area contributed by atoms with Crippen LogP contribution in [-0.2, 0) is 6.61 Å². The van der Waals surface area contributed by atoms with Gasteiger partial charge >= 0.3 is 0 Å². The van der Waals surface area contributed by atoms with Crippen molar-refractivity contribution in [3.8, 4) is 22.8 Å². The standard InChI is InChI=1S/C12H13NO4/c1-15-8-3-4-11(16-2)9(5-8)12-10(6-14)13-7-17-12/h3-5,7,14H,6H2,1-2H3. The van der Waals surface area contributed by atoms with E-state index in [2.05, 4.69) is 4.98 Å². The fraction of sp³-hybridized carbons (Fsp3) is 0.250. The zero-order chi connectivity index (χ0) is 12.3. The first kappa shape index (κ1) is 11.5. The minimum Gasteiger partial charge on any atom is -0.497 e. The lowest BCUT2D eigenvalue weighted by Crippen LogP contribution is -1.92. The Morgan fingerprint density at radius 2 is 2.12 bits per heavy atom. The fourth-order valence-corrected chi connectivity index (χ4v) is 1.59. The van der Waals surface area contributed by atoms with E-state index >= 15 is 0 Å². The first-order valence-corrected chi connectivity index (χ1v) is 5.05. The molecule has 0 fully saturated rings. The minimum atomic E-state index is -0.188. The van der Waals surface area contributed by atoms with Gasteiger partial charge in [-0.3, -0.25) is 0 Å². The van der Waals surface area contributed by atoms with Crippen LogP contribution in [-0.4, -0.2) is 24.3 Å². The van der Waals surface area contributed by atoms with Crippen molar-refractivity contribution < 1.29 is 19.0 Å². The molecule has 0 unspecified atom stereocenters. The maximum absolute atomic E-state index is 9.16. The van der Waals surface area contributed by atoms with Gasteiger partial charge in [0.15, 0.2) is 12.2 Å². The first-order valence-electron chi connectivity index (χ1n) is 5.05. The lowest BCUT2D eigenvalue weighted by molar-refractivity contribution is 0.277. The summed E-state index contributed by atoms with van der Waals surface area (Å²) in [4.78, 5) is 3.93. The van der Waals surface area contributed by atoms with Crippen molar-refractivity contribution in [2.75, 3.05) is 14.2 Å². The van der Waals surface area contributed by atoms with Gasteiger partial charge in [-0.05, 0) is 18.2 Å². The Morgan fingerprint density at radius 3 is 2.76 bits per heavy atom. The number of aliphatic hydroxyl groups is 1. The summed E-state index contributed by atoms with van der Waals surface area (Å²) in [7, 11) is 3.15. The summed E-state index contributed by atoms with van der Waals surface area (Å²) in [5, 5.41) is 9.16. The Balaban J connectivity index is 2.56. The second kappa shape index (κ2) is 4.88. The molecule has 5 heteroatoms. The lowest BCUT2D eigenvalue weighted by atomic mass is 10.1. The largest absolute Gasteiger partial charge is 0.497 e. The molecule has 1 aromatic carbocycles. The number of aliphatic hydroxyl groups excluding tert-OH is 1. The quantitative estimate of drug-likeness (QED) is 0.876. The summed E-state index contributed by atoms with van der Waals surface area (Å²) in [5.74, 6) is 1.81. The van der Waals surface area contributed by atoms with E-state index in [1.54, 1.807) is 32.4 Å². The molecule has 0 saturated heterocycles. The van der Waals surface area contributed by atoms with Crippen molar-refractivity contribution in [2.45, 2.75) is 6.61 Å². The maximum Gasteiger partial charge on any atom is 0.181 e. The number of ether oxygens (including phenoxy) is 2. The highest BCUT2D eigenvalue weighted by Crippen LogP contribution is 2.35. The number of oxazole rings is 1. The second-order valence-electron chi connectivity index (χ2n) is 3.35. The number of benzene rings is 1. The molecule has 0 amide bonds. The van der Waals surface area contributed by atoms with Crippen molar-refractivity contribution in [3.05, 3.63) is 30.3 Å². The molecule has 0 radical (unpaired) electrons. The summed E-state index contributed by atoms with van der Waals surface area (Å²) in [6, 6.07) is 5.34. The highest BCUT2D eigenvalue weighted by molar-refractivity contribution is 5.69. The van der Waals surface area contributed by atoms with Gasteiger partial charge in [0.25, 0.3) is 0 Å². The molecular formula is C12H13NO4. The Labute approximate surface area is 98.6 Å². The van der Waals surface area contributed by atoms with Gasteiger partial charge in [-0.2, -0.15) is 0 Å². The van der Waals surface area contributed by atoms with Gasteiger partial charge < -0.3 is 19.0 Å². The molecule has 90 valence electrons. The summed E-state index contributed by atoms with van der Waals surface area (Å²) in [6.07, 6.45) is 1.29. The lowest BCUT2D eigenvalue weighted by Gasteiger charge is -2.08. The molecule has 1 aromatic heterocycles. The van der Waals surface area contributed by atoms with Crippen LogP contribution in [0.1, 0.15) is 5.69 Å². The highest BCUT2D eigenvalue weighted by atomic mass is 16.5. The molecule has 0 spiro atoms. The summed E-state index contributed by atoms with van der Waals surface area (Å²) >= 11 is 0. The Hall–Kier alpha value is -2.01. The number of aromatic nitrogens is 1. The third kappa shape index (κ3) is 2.09. The van der Waals surface area contributed by atoms with Crippen molar-refractivity contribution in [3.63, 3.8) is 0 Å². The summed E-state index contributed by atoms with van der Waals surface area (Å²) in [5.41, 5.74) is 1.17. The Morgan fingerprint density at radius 1 is 1.29 bits per heavy atom. The molecule has 2 aromatic rings. The summed E-state index contributed by atoms with van der Waals surface area (Å²) in [6.45, 7) is -0.188. The highest BCUT2D eigenvalue weighted by Gasteiger charge is 2.15. The SMILES string of the molecule is COc1ccc(OC)c(-c2ocnc2CO)c1.